The van der Waals surface area contributed by atoms with Gasteiger partial charge < -0.3 is 10.6 Å². The molecule has 1 saturated heterocycles. The molecular formula is C13H15FN2O. The van der Waals surface area contributed by atoms with E-state index in [0.717, 1.165) is 18.7 Å². The van der Waals surface area contributed by atoms with Crippen molar-refractivity contribution in [3.8, 4) is 0 Å². The largest absolute Gasteiger partial charge is 0.352 e. The topological polar surface area (TPSA) is 41.1 Å². The van der Waals surface area contributed by atoms with Crippen LogP contribution < -0.4 is 10.6 Å². The zero-order valence-corrected chi connectivity index (χ0v) is 9.72. The highest BCUT2D eigenvalue weighted by Crippen LogP contribution is 2.33. The summed E-state index contributed by atoms with van der Waals surface area (Å²) in [6.45, 7) is 4.21. The third-order valence-electron chi connectivity index (χ3n) is 3.84. The van der Waals surface area contributed by atoms with Crippen LogP contribution in [0.4, 0.5) is 4.39 Å². The Kier molecular flexibility index (Phi) is 2.40. The third-order valence-corrected chi connectivity index (χ3v) is 3.84. The van der Waals surface area contributed by atoms with Gasteiger partial charge in [0, 0.05) is 31.1 Å². The van der Waals surface area contributed by atoms with E-state index in [1.54, 1.807) is 6.92 Å². The maximum Gasteiger partial charge on any atom is 0.251 e. The summed E-state index contributed by atoms with van der Waals surface area (Å²) in [5, 5.41) is 6.21. The lowest BCUT2D eigenvalue weighted by atomic mass is 9.86. The van der Waals surface area contributed by atoms with Gasteiger partial charge >= 0.3 is 0 Å². The van der Waals surface area contributed by atoms with Crippen LogP contribution in [-0.2, 0) is 0 Å². The van der Waals surface area contributed by atoms with Crippen molar-refractivity contribution in [3.05, 3.63) is 34.6 Å². The van der Waals surface area contributed by atoms with E-state index < -0.39 is 0 Å². The quantitative estimate of drug-likeness (QED) is 0.707. The fraction of sp³-hybridized carbons (Fsp3) is 0.462. The average molecular weight is 234 g/mol. The van der Waals surface area contributed by atoms with Crippen molar-refractivity contribution < 1.29 is 9.18 Å². The van der Waals surface area contributed by atoms with Gasteiger partial charge in [-0.2, -0.15) is 0 Å². The van der Waals surface area contributed by atoms with Gasteiger partial charge in [-0.3, -0.25) is 4.79 Å². The number of fused-ring (bicyclic) bond motifs is 3. The molecule has 1 fully saturated rings. The summed E-state index contributed by atoms with van der Waals surface area (Å²) in [5.74, 6) is 0.296. The van der Waals surface area contributed by atoms with Crippen molar-refractivity contribution in [1.29, 1.82) is 0 Å². The van der Waals surface area contributed by atoms with E-state index in [2.05, 4.69) is 10.6 Å². The van der Waals surface area contributed by atoms with Gasteiger partial charge in [0.25, 0.3) is 5.91 Å². The Bertz CT molecular complexity index is 487. The Morgan fingerprint density at radius 2 is 2.12 bits per heavy atom. The summed E-state index contributed by atoms with van der Waals surface area (Å²) in [6.07, 6.45) is 0. The SMILES string of the molecule is Cc1cc2c(cc1F)C(=O)NC[C@@H]1CNC[C@H]21. The van der Waals surface area contributed by atoms with Crippen molar-refractivity contribution in [2.45, 2.75) is 12.8 Å². The lowest BCUT2D eigenvalue weighted by molar-refractivity contribution is 0.0952. The van der Waals surface area contributed by atoms with E-state index in [-0.39, 0.29) is 11.7 Å². The van der Waals surface area contributed by atoms with E-state index in [4.69, 9.17) is 0 Å². The normalized spacial score (nSPS) is 27.1. The van der Waals surface area contributed by atoms with Gasteiger partial charge in [-0.25, -0.2) is 4.39 Å². The Morgan fingerprint density at radius 3 is 2.94 bits per heavy atom. The monoisotopic (exact) mass is 234 g/mol. The molecule has 0 bridgehead atoms. The third kappa shape index (κ3) is 1.63. The number of aryl methyl sites for hydroxylation is 1. The first-order valence-electron chi connectivity index (χ1n) is 5.96. The lowest BCUT2D eigenvalue weighted by Gasteiger charge is -2.16. The highest BCUT2D eigenvalue weighted by atomic mass is 19.1. The van der Waals surface area contributed by atoms with Crippen molar-refractivity contribution in [2.75, 3.05) is 19.6 Å². The van der Waals surface area contributed by atoms with Crippen LogP contribution >= 0.6 is 0 Å². The molecule has 2 heterocycles. The molecule has 0 spiro atoms. The van der Waals surface area contributed by atoms with E-state index in [0.29, 0.717) is 29.5 Å². The van der Waals surface area contributed by atoms with Gasteiger partial charge in [0.1, 0.15) is 5.82 Å². The highest BCUT2D eigenvalue weighted by Gasteiger charge is 2.34. The molecule has 1 amide bonds. The zero-order valence-electron chi connectivity index (χ0n) is 9.72. The Labute approximate surface area is 99.4 Å². The summed E-state index contributed by atoms with van der Waals surface area (Å²) < 4.78 is 13.6. The predicted octanol–water partition coefficient (Wildman–Crippen LogP) is 1.18. The molecule has 4 heteroatoms. The Hall–Kier alpha value is -1.42. The fourth-order valence-electron chi connectivity index (χ4n) is 2.84. The molecule has 3 rings (SSSR count). The molecule has 17 heavy (non-hydrogen) atoms. The smallest absolute Gasteiger partial charge is 0.251 e. The molecule has 2 N–H and O–H groups in total. The molecule has 0 saturated carbocycles. The molecule has 1 aromatic carbocycles. The second-order valence-electron chi connectivity index (χ2n) is 4.92. The minimum absolute atomic E-state index is 0.145. The van der Waals surface area contributed by atoms with Crippen molar-refractivity contribution in [3.63, 3.8) is 0 Å². The number of carbonyl (C=O) groups excluding carboxylic acids is 1. The summed E-state index contributed by atoms with van der Waals surface area (Å²) >= 11 is 0. The standard InChI is InChI=1S/C13H15FN2O/c1-7-2-9-10(3-12(7)14)13(17)16-5-8-4-15-6-11(8)9/h2-3,8,11,15H,4-6H2,1H3,(H,16,17)/t8-,11-/m0/s1. The number of rotatable bonds is 0. The first kappa shape index (κ1) is 10.7. The van der Waals surface area contributed by atoms with Crippen LogP contribution in [0, 0.1) is 18.7 Å². The highest BCUT2D eigenvalue weighted by molar-refractivity contribution is 5.96. The number of hydrogen-bond donors (Lipinski definition) is 2. The van der Waals surface area contributed by atoms with Crippen LogP contribution in [0.2, 0.25) is 0 Å². The molecule has 0 aliphatic carbocycles. The summed E-state index contributed by atoms with van der Waals surface area (Å²) in [6, 6.07) is 3.21. The van der Waals surface area contributed by atoms with Gasteiger partial charge in [-0.15, -0.1) is 0 Å². The van der Waals surface area contributed by atoms with Gasteiger partial charge in [-0.1, -0.05) is 6.07 Å². The van der Waals surface area contributed by atoms with Crippen molar-refractivity contribution in [2.24, 2.45) is 5.92 Å². The summed E-state index contributed by atoms with van der Waals surface area (Å²) in [7, 11) is 0. The second kappa shape index (κ2) is 3.81. The average Bonchev–Trinajstić information content (AvgIpc) is 2.73. The van der Waals surface area contributed by atoms with Crippen LogP contribution in [0.1, 0.15) is 27.4 Å². The van der Waals surface area contributed by atoms with Crippen LogP contribution in [-0.4, -0.2) is 25.5 Å². The molecule has 2 aliphatic heterocycles. The molecule has 3 nitrogen and oxygen atoms in total. The van der Waals surface area contributed by atoms with Crippen molar-refractivity contribution in [1.82, 2.24) is 10.6 Å². The Morgan fingerprint density at radius 1 is 1.29 bits per heavy atom. The van der Waals surface area contributed by atoms with Crippen LogP contribution in [0.3, 0.4) is 0 Å². The van der Waals surface area contributed by atoms with Gasteiger partial charge in [0.2, 0.25) is 0 Å². The van der Waals surface area contributed by atoms with Crippen molar-refractivity contribution >= 4 is 5.91 Å². The number of benzene rings is 1. The summed E-state index contributed by atoms with van der Waals surface area (Å²) in [4.78, 5) is 11.9. The lowest BCUT2D eigenvalue weighted by Crippen LogP contribution is -2.28. The Balaban J connectivity index is 2.16. The maximum atomic E-state index is 13.6. The molecule has 0 aromatic heterocycles. The van der Waals surface area contributed by atoms with Crippen LogP contribution in [0.25, 0.3) is 0 Å². The first-order chi connectivity index (χ1) is 8.16. The molecule has 90 valence electrons. The van der Waals surface area contributed by atoms with E-state index in [9.17, 15) is 9.18 Å². The molecule has 2 atom stereocenters. The second-order valence-corrected chi connectivity index (χ2v) is 4.92. The van der Waals surface area contributed by atoms with Gasteiger partial charge in [0.15, 0.2) is 0 Å². The number of hydrogen-bond acceptors (Lipinski definition) is 2. The number of nitrogens with one attached hydrogen (secondary N) is 2. The maximum absolute atomic E-state index is 13.6. The predicted molar refractivity (Wildman–Crippen MR) is 62.6 cm³/mol. The minimum atomic E-state index is -0.302. The van der Waals surface area contributed by atoms with E-state index in [1.165, 1.54) is 6.07 Å². The van der Waals surface area contributed by atoms with E-state index >= 15 is 0 Å². The molecule has 1 aromatic rings. The van der Waals surface area contributed by atoms with E-state index in [1.807, 2.05) is 6.07 Å². The number of carbonyl (C=O) groups is 1. The minimum Gasteiger partial charge on any atom is -0.352 e. The number of amides is 1. The number of halogens is 1. The molecular weight excluding hydrogens is 219 g/mol. The summed E-state index contributed by atoms with van der Waals surface area (Å²) in [5.41, 5.74) is 2.11. The molecule has 0 unspecified atom stereocenters. The molecule has 2 aliphatic rings. The molecule has 0 radical (unpaired) electrons. The van der Waals surface area contributed by atoms with Crippen LogP contribution in [0.15, 0.2) is 12.1 Å². The van der Waals surface area contributed by atoms with Gasteiger partial charge in [-0.05, 0) is 30.0 Å². The van der Waals surface area contributed by atoms with Crippen LogP contribution in [0.5, 0.6) is 0 Å². The zero-order chi connectivity index (χ0) is 12.0. The fourth-order valence-corrected chi connectivity index (χ4v) is 2.84. The van der Waals surface area contributed by atoms with Gasteiger partial charge in [0.05, 0.1) is 0 Å². The first-order valence-corrected chi connectivity index (χ1v) is 5.96.